The highest BCUT2D eigenvalue weighted by Gasteiger charge is 2.34. The van der Waals surface area contributed by atoms with E-state index in [1.807, 2.05) is 10.8 Å². The van der Waals surface area contributed by atoms with Gasteiger partial charge in [-0.15, -0.1) is 0 Å². The lowest BCUT2D eigenvalue weighted by molar-refractivity contribution is 0.0651. The fourth-order valence-corrected chi connectivity index (χ4v) is 3.11. The number of unbranched alkanes of at least 4 members (excludes halogenated alkanes) is 1. The molecular formula is C19H18N6O2. The van der Waals surface area contributed by atoms with Crippen LogP contribution in [0.1, 0.15) is 33.6 Å². The van der Waals surface area contributed by atoms with Crippen molar-refractivity contribution in [2.75, 3.05) is 12.3 Å². The molecule has 8 heteroatoms. The number of nitrogen functional groups attached to an aromatic ring is 1. The number of fused-ring (bicyclic) bond motifs is 1. The van der Waals surface area contributed by atoms with E-state index in [0.717, 1.165) is 30.6 Å². The highest BCUT2D eigenvalue weighted by Crippen LogP contribution is 2.22. The van der Waals surface area contributed by atoms with Gasteiger partial charge in [-0.1, -0.05) is 12.1 Å². The van der Waals surface area contributed by atoms with Crippen LogP contribution in [0, 0.1) is 0 Å². The minimum absolute atomic E-state index is 0.205. The van der Waals surface area contributed by atoms with E-state index in [-0.39, 0.29) is 17.8 Å². The number of imidazole rings is 1. The summed E-state index contributed by atoms with van der Waals surface area (Å²) >= 11 is 0. The summed E-state index contributed by atoms with van der Waals surface area (Å²) in [6, 6.07) is 6.94. The number of anilines is 1. The third-order valence-corrected chi connectivity index (χ3v) is 4.53. The number of nitrogens with zero attached hydrogens (tertiary/aromatic N) is 5. The van der Waals surface area contributed by atoms with Crippen molar-refractivity contribution in [3.8, 4) is 11.3 Å². The van der Waals surface area contributed by atoms with Crippen LogP contribution in [0.15, 0.2) is 49.2 Å². The van der Waals surface area contributed by atoms with Gasteiger partial charge in [-0.05, 0) is 25.0 Å². The number of amides is 2. The van der Waals surface area contributed by atoms with Crippen LogP contribution in [-0.2, 0) is 6.54 Å². The van der Waals surface area contributed by atoms with E-state index < -0.39 is 0 Å². The van der Waals surface area contributed by atoms with Crippen LogP contribution >= 0.6 is 0 Å². The minimum atomic E-state index is -0.205. The molecule has 2 amide bonds. The third-order valence-electron chi connectivity index (χ3n) is 4.53. The van der Waals surface area contributed by atoms with Crippen LogP contribution in [0.4, 0.5) is 5.95 Å². The molecule has 0 spiro atoms. The first-order valence-corrected chi connectivity index (χ1v) is 8.68. The number of aromatic nitrogens is 4. The highest BCUT2D eigenvalue weighted by molar-refractivity contribution is 6.21. The molecule has 27 heavy (non-hydrogen) atoms. The van der Waals surface area contributed by atoms with Crippen LogP contribution < -0.4 is 5.73 Å². The third kappa shape index (κ3) is 3.29. The molecule has 0 unspecified atom stereocenters. The molecule has 8 nitrogen and oxygen atoms in total. The first kappa shape index (κ1) is 16.9. The molecule has 3 heterocycles. The standard InChI is InChI=1S/C19H18N6O2/c20-19-21-9-13(10-22-19)16-11-24(12-23-16)7-3-4-8-25-17(26)14-5-1-2-6-15(14)18(25)27/h1-2,5-6,9-12H,3-4,7-8H2,(H2,20,21,22). The number of benzene rings is 1. The Morgan fingerprint density at radius 3 is 2.19 bits per heavy atom. The lowest BCUT2D eigenvalue weighted by Crippen LogP contribution is -2.30. The molecular weight excluding hydrogens is 344 g/mol. The molecule has 1 aromatic carbocycles. The molecule has 0 fully saturated rings. The molecule has 2 aromatic heterocycles. The SMILES string of the molecule is Nc1ncc(-c2cn(CCCCN3C(=O)c4ccccc4C3=O)cn2)cn1. The predicted octanol–water partition coefficient (Wildman–Crippen LogP) is 2.00. The van der Waals surface area contributed by atoms with Crippen molar-refractivity contribution in [2.24, 2.45) is 0 Å². The molecule has 1 aliphatic rings. The summed E-state index contributed by atoms with van der Waals surface area (Å²) in [5.41, 5.74) is 8.05. The number of aryl methyl sites for hydroxylation is 1. The van der Waals surface area contributed by atoms with Crippen molar-refractivity contribution in [1.29, 1.82) is 0 Å². The number of nitrogens with two attached hydrogens (primary N) is 1. The second-order valence-corrected chi connectivity index (χ2v) is 6.34. The molecule has 0 atom stereocenters. The van der Waals surface area contributed by atoms with Gasteiger partial charge in [-0.3, -0.25) is 14.5 Å². The van der Waals surface area contributed by atoms with Gasteiger partial charge < -0.3 is 10.3 Å². The Morgan fingerprint density at radius 2 is 1.52 bits per heavy atom. The molecule has 0 saturated carbocycles. The van der Waals surface area contributed by atoms with Gasteiger partial charge in [0.05, 0.1) is 23.1 Å². The van der Waals surface area contributed by atoms with Crippen LogP contribution in [0.2, 0.25) is 0 Å². The number of hydrogen-bond donors (Lipinski definition) is 1. The first-order valence-electron chi connectivity index (χ1n) is 8.68. The summed E-state index contributed by atoms with van der Waals surface area (Å²) in [6.07, 6.45) is 8.48. The van der Waals surface area contributed by atoms with Crippen molar-refractivity contribution in [2.45, 2.75) is 19.4 Å². The minimum Gasteiger partial charge on any atom is -0.368 e. The molecule has 2 N–H and O–H groups in total. The summed E-state index contributed by atoms with van der Waals surface area (Å²) < 4.78 is 1.97. The number of carbonyl (C=O) groups is 2. The summed E-state index contributed by atoms with van der Waals surface area (Å²) in [5.74, 6) is -0.181. The van der Waals surface area contributed by atoms with Crippen LogP contribution in [0.3, 0.4) is 0 Å². The lowest BCUT2D eigenvalue weighted by atomic mass is 10.1. The van der Waals surface area contributed by atoms with Gasteiger partial charge >= 0.3 is 0 Å². The largest absolute Gasteiger partial charge is 0.368 e. The molecule has 0 saturated heterocycles. The maximum Gasteiger partial charge on any atom is 0.261 e. The Labute approximate surface area is 155 Å². The summed E-state index contributed by atoms with van der Waals surface area (Å²) in [6.45, 7) is 1.16. The zero-order valence-corrected chi connectivity index (χ0v) is 14.6. The second kappa shape index (κ2) is 6.99. The normalized spacial score (nSPS) is 13.3. The van der Waals surface area contributed by atoms with Crippen LogP contribution in [0.5, 0.6) is 0 Å². The van der Waals surface area contributed by atoms with Crippen molar-refractivity contribution in [3.63, 3.8) is 0 Å². The molecule has 4 rings (SSSR count). The van der Waals surface area contributed by atoms with E-state index in [2.05, 4.69) is 15.0 Å². The van der Waals surface area contributed by atoms with E-state index in [4.69, 9.17) is 5.73 Å². The molecule has 3 aromatic rings. The zero-order chi connectivity index (χ0) is 18.8. The van der Waals surface area contributed by atoms with Crippen LogP contribution in [0.25, 0.3) is 11.3 Å². The van der Waals surface area contributed by atoms with E-state index >= 15 is 0 Å². The molecule has 1 aliphatic heterocycles. The zero-order valence-electron chi connectivity index (χ0n) is 14.6. The second-order valence-electron chi connectivity index (χ2n) is 6.34. The maximum absolute atomic E-state index is 12.3. The fourth-order valence-electron chi connectivity index (χ4n) is 3.11. The highest BCUT2D eigenvalue weighted by atomic mass is 16.2. The molecule has 0 aliphatic carbocycles. The van der Waals surface area contributed by atoms with Gasteiger partial charge in [0, 0.05) is 37.2 Å². The summed E-state index contributed by atoms with van der Waals surface area (Å²) in [5, 5.41) is 0. The number of imide groups is 1. The monoisotopic (exact) mass is 362 g/mol. The lowest BCUT2D eigenvalue weighted by Gasteiger charge is -2.13. The smallest absolute Gasteiger partial charge is 0.261 e. The van der Waals surface area contributed by atoms with E-state index in [1.165, 1.54) is 4.90 Å². The molecule has 136 valence electrons. The summed E-state index contributed by atoms with van der Waals surface area (Å²) in [7, 11) is 0. The average molecular weight is 362 g/mol. The topological polar surface area (TPSA) is 107 Å². The Hall–Kier alpha value is -3.55. The van der Waals surface area contributed by atoms with Gasteiger partial charge in [0.25, 0.3) is 11.8 Å². The Bertz CT molecular complexity index is 960. The number of hydrogen-bond acceptors (Lipinski definition) is 6. The quantitative estimate of drug-likeness (QED) is 0.531. The van der Waals surface area contributed by atoms with Gasteiger partial charge in [-0.25, -0.2) is 15.0 Å². The van der Waals surface area contributed by atoms with Gasteiger partial charge in [-0.2, -0.15) is 0 Å². The predicted molar refractivity (Wildman–Crippen MR) is 98.7 cm³/mol. The number of rotatable bonds is 6. The molecule has 0 radical (unpaired) electrons. The Balaban J connectivity index is 1.31. The Morgan fingerprint density at radius 1 is 0.889 bits per heavy atom. The van der Waals surface area contributed by atoms with Crippen LogP contribution in [-0.4, -0.2) is 42.8 Å². The van der Waals surface area contributed by atoms with Crippen molar-refractivity contribution >= 4 is 17.8 Å². The first-order chi connectivity index (χ1) is 13.1. The van der Waals surface area contributed by atoms with E-state index in [1.54, 1.807) is 43.0 Å². The molecule has 0 bridgehead atoms. The van der Waals surface area contributed by atoms with Crippen molar-refractivity contribution in [1.82, 2.24) is 24.4 Å². The van der Waals surface area contributed by atoms with Crippen molar-refractivity contribution in [3.05, 3.63) is 60.3 Å². The Kier molecular flexibility index (Phi) is 4.37. The summed E-state index contributed by atoms with van der Waals surface area (Å²) in [4.78, 5) is 38.3. The van der Waals surface area contributed by atoms with Gasteiger partial charge in [0.1, 0.15) is 0 Å². The maximum atomic E-state index is 12.3. The van der Waals surface area contributed by atoms with Gasteiger partial charge in [0.15, 0.2) is 0 Å². The number of carbonyl (C=O) groups excluding carboxylic acids is 2. The van der Waals surface area contributed by atoms with E-state index in [0.29, 0.717) is 17.7 Å². The van der Waals surface area contributed by atoms with Crippen molar-refractivity contribution < 1.29 is 9.59 Å². The van der Waals surface area contributed by atoms with Gasteiger partial charge in [0.2, 0.25) is 5.95 Å². The van der Waals surface area contributed by atoms with E-state index in [9.17, 15) is 9.59 Å². The fraction of sp³-hybridized carbons (Fsp3) is 0.211. The average Bonchev–Trinajstić information content (AvgIpc) is 3.25.